The molecular weight excluding hydrogens is 318 g/mol. The summed E-state index contributed by atoms with van der Waals surface area (Å²) in [5.41, 5.74) is 2.95. The van der Waals surface area contributed by atoms with Crippen LogP contribution in [0.1, 0.15) is 24.0 Å². The van der Waals surface area contributed by atoms with Gasteiger partial charge in [0, 0.05) is 41.4 Å². The molecule has 3 nitrogen and oxygen atoms in total. The van der Waals surface area contributed by atoms with Crippen molar-refractivity contribution in [2.24, 2.45) is 11.8 Å². The van der Waals surface area contributed by atoms with E-state index in [0.29, 0.717) is 11.8 Å². The third-order valence-corrected chi connectivity index (χ3v) is 5.84. The molecule has 0 radical (unpaired) electrons. The van der Waals surface area contributed by atoms with Gasteiger partial charge in [0.05, 0.1) is 0 Å². The quantitative estimate of drug-likeness (QED) is 0.899. The molecule has 1 saturated heterocycles. The summed E-state index contributed by atoms with van der Waals surface area (Å²) >= 11 is 3.53. The summed E-state index contributed by atoms with van der Waals surface area (Å²) in [6.45, 7) is 1.70. The van der Waals surface area contributed by atoms with Gasteiger partial charge in [0.25, 0.3) is 0 Å². The smallest absolute Gasteiger partial charge is 0.226 e. The lowest BCUT2D eigenvalue weighted by Gasteiger charge is -2.38. The molecule has 1 N–H and O–H groups in total. The lowest BCUT2D eigenvalue weighted by molar-refractivity contribution is -0.140. The summed E-state index contributed by atoms with van der Waals surface area (Å²) in [7, 11) is 0. The van der Waals surface area contributed by atoms with Crippen molar-refractivity contribution in [2.75, 3.05) is 19.7 Å². The predicted molar refractivity (Wildman–Crippen MR) is 79.4 cm³/mol. The molecule has 2 aliphatic carbocycles. The van der Waals surface area contributed by atoms with Crippen molar-refractivity contribution in [3.8, 4) is 0 Å². The van der Waals surface area contributed by atoms with Crippen LogP contribution in [-0.4, -0.2) is 35.6 Å². The number of amides is 1. The van der Waals surface area contributed by atoms with Gasteiger partial charge in [-0.25, -0.2) is 0 Å². The maximum absolute atomic E-state index is 12.5. The number of hydrogen-bond acceptors (Lipinski definition) is 2. The highest BCUT2D eigenvalue weighted by molar-refractivity contribution is 9.10. The molecule has 1 heterocycles. The fraction of sp³-hybridized carbons (Fsp3) is 0.562. The number of benzene rings is 1. The van der Waals surface area contributed by atoms with Crippen LogP contribution in [0.2, 0.25) is 0 Å². The summed E-state index contributed by atoms with van der Waals surface area (Å²) in [4.78, 5) is 14.4. The average molecular weight is 336 g/mol. The zero-order valence-electron chi connectivity index (χ0n) is 11.3. The zero-order chi connectivity index (χ0) is 13.9. The first-order valence-corrected chi connectivity index (χ1v) is 8.12. The molecule has 0 bridgehead atoms. The van der Waals surface area contributed by atoms with Gasteiger partial charge in [-0.15, -0.1) is 0 Å². The van der Waals surface area contributed by atoms with Crippen LogP contribution in [0.25, 0.3) is 0 Å². The molecule has 0 aromatic heterocycles. The van der Waals surface area contributed by atoms with E-state index in [1.165, 1.54) is 11.1 Å². The number of halogens is 1. The molecule has 4 rings (SSSR count). The van der Waals surface area contributed by atoms with Crippen LogP contribution in [-0.2, 0) is 16.6 Å². The van der Waals surface area contributed by atoms with Crippen LogP contribution in [0.5, 0.6) is 0 Å². The normalized spacial score (nSPS) is 31.3. The van der Waals surface area contributed by atoms with E-state index in [-0.39, 0.29) is 17.9 Å². The van der Waals surface area contributed by atoms with Crippen molar-refractivity contribution in [1.29, 1.82) is 0 Å². The second-order valence-electron chi connectivity index (χ2n) is 6.51. The lowest BCUT2D eigenvalue weighted by Crippen LogP contribution is -2.52. The molecule has 1 aromatic carbocycles. The van der Waals surface area contributed by atoms with Crippen LogP contribution in [0.15, 0.2) is 22.7 Å². The SMILES string of the molecule is O=C([C@H]1C[C@@]12CCc1cc(Br)ccc12)N1CC(CO)C1. The lowest BCUT2D eigenvalue weighted by atomic mass is 9.93. The van der Waals surface area contributed by atoms with E-state index in [0.717, 1.165) is 36.8 Å². The second-order valence-corrected chi connectivity index (χ2v) is 7.42. The number of nitrogens with zero attached hydrogens (tertiary/aromatic N) is 1. The fourth-order valence-corrected chi connectivity index (χ4v) is 4.44. The van der Waals surface area contributed by atoms with Gasteiger partial charge in [-0.1, -0.05) is 22.0 Å². The first kappa shape index (κ1) is 12.8. The van der Waals surface area contributed by atoms with Gasteiger partial charge in [0.2, 0.25) is 5.91 Å². The Morgan fingerprint density at radius 3 is 3.00 bits per heavy atom. The van der Waals surface area contributed by atoms with E-state index < -0.39 is 0 Å². The Morgan fingerprint density at radius 2 is 2.25 bits per heavy atom. The fourth-order valence-electron chi connectivity index (χ4n) is 4.04. The minimum absolute atomic E-state index is 0.136. The van der Waals surface area contributed by atoms with Crippen molar-refractivity contribution in [3.63, 3.8) is 0 Å². The minimum atomic E-state index is 0.136. The Balaban J connectivity index is 1.52. The van der Waals surface area contributed by atoms with Crippen molar-refractivity contribution in [3.05, 3.63) is 33.8 Å². The van der Waals surface area contributed by atoms with E-state index in [9.17, 15) is 4.79 Å². The van der Waals surface area contributed by atoms with E-state index in [4.69, 9.17) is 5.11 Å². The summed E-state index contributed by atoms with van der Waals surface area (Å²) in [6, 6.07) is 6.50. The van der Waals surface area contributed by atoms with Crippen molar-refractivity contribution in [2.45, 2.75) is 24.7 Å². The van der Waals surface area contributed by atoms with Crippen LogP contribution < -0.4 is 0 Å². The minimum Gasteiger partial charge on any atom is -0.396 e. The number of rotatable bonds is 2. The van der Waals surface area contributed by atoms with Crippen LogP contribution in [0.4, 0.5) is 0 Å². The van der Waals surface area contributed by atoms with Crippen molar-refractivity contribution < 1.29 is 9.90 Å². The summed E-state index contributed by atoms with van der Waals surface area (Å²) in [5.74, 6) is 0.801. The standard InChI is InChI=1S/C16H18BrNO2/c17-12-1-2-13-11(5-12)3-4-16(13)6-14(16)15(20)18-7-10(8-18)9-19/h1-2,5,10,14,19H,3-4,6-9H2/t14-,16-/m1/s1. The van der Waals surface area contributed by atoms with Gasteiger partial charge < -0.3 is 10.0 Å². The molecule has 4 heteroatoms. The van der Waals surface area contributed by atoms with Gasteiger partial charge in [0.1, 0.15) is 0 Å². The van der Waals surface area contributed by atoms with Gasteiger partial charge in [0.15, 0.2) is 0 Å². The zero-order valence-corrected chi connectivity index (χ0v) is 12.9. The van der Waals surface area contributed by atoms with Gasteiger partial charge >= 0.3 is 0 Å². The van der Waals surface area contributed by atoms with Crippen molar-refractivity contribution in [1.82, 2.24) is 4.90 Å². The highest BCUT2D eigenvalue weighted by Crippen LogP contribution is 2.62. The first-order valence-electron chi connectivity index (χ1n) is 7.32. The molecular formula is C16H18BrNO2. The van der Waals surface area contributed by atoms with E-state index in [1.807, 2.05) is 4.90 Å². The molecule has 1 aliphatic heterocycles. The summed E-state index contributed by atoms with van der Waals surface area (Å²) in [6.07, 6.45) is 3.23. The van der Waals surface area contributed by atoms with Gasteiger partial charge in [-0.3, -0.25) is 4.79 Å². The Kier molecular flexibility index (Phi) is 2.77. The number of aliphatic hydroxyl groups is 1. The predicted octanol–water partition coefficient (Wildman–Crippen LogP) is 2.10. The number of likely N-dealkylation sites (tertiary alicyclic amines) is 1. The van der Waals surface area contributed by atoms with E-state index in [2.05, 4.69) is 34.1 Å². The Hall–Kier alpha value is -0.870. The first-order chi connectivity index (χ1) is 9.64. The molecule has 1 saturated carbocycles. The molecule has 1 spiro atoms. The van der Waals surface area contributed by atoms with Crippen LogP contribution in [0, 0.1) is 11.8 Å². The Labute approximate surface area is 127 Å². The van der Waals surface area contributed by atoms with Crippen LogP contribution in [0.3, 0.4) is 0 Å². The summed E-state index contributed by atoms with van der Waals surface area (Å²) < 4.78 is 1.13. The molecule has 1 aromatic rings. The topological polar surface area (TPSA) is 40.5 Å². The number of hydrogen-bond donors (Lipinski definition) is 1. The molecule has 2 fully saturated rings. The third kappa shape index (κ3) is 1.70. The molecule has 20 heavy (non-hydrogen) atoms. The molecule has 106 valence electrons. The highest BCUT2D eigenvalue weighted by Gasteiger charge is 2.62. The molecule has 1 amide bonds. The van der Waals surface area contributed by atoms with Gasteiger partial charge in [-0.05, 0) is 42.5 Å². The van der Waals surface area contributed by atoms with Crippen molar-refractivity contribution >= 4 is 21.8 Å². The number of aryl methyl sites for hydroxylation is 1. The number of carbonyl (C=O) groups is 1. The number of carbonyl (C=O) groups excluding carboxylic acids is 1. The monoisotopic (exact) mass is 335 g/mol. The third-order valence-electron chi connectivity index (χ3n) is 5.34. The molecule has 0 unspecified atom stereocenters. The largest absolute Gasteiger partial charge is 0.396 e. The maximum Gasteiger partial charge on any atom is 0.226 e. The second kappa shape index (κ2) is 4.31. The molecule has 3 aliphatic rings. The van der Waals surface area contributed by atoms with E-state index in [1.54, 1.807) is 0 Å². The Morgan fingerprint density at radius 1 is 1.45 bits per heavy atom. The van der Waals surface area contributed by atoms with Crippen LogP contribution >= 0.6 is 15.9 Å². The highest BCUT2D eigenvalue weighted by atomic mass is 79.9. The maximum atomic E-state index is 12.5. The average Bonchev–Trinajstić information content (AvgIpc) is 3.00. The number of aliphatic hydroxyl groups excluding tert-OH is 1. The number of fused-ring (bicyclic) bond motifs is 2. The van der Waals surface area contributed by atoms with E-state index >= 15 is 0 Å². The van der Waals surface area contributed by atoms with Gasteiger partial charge in [-0.2, -0.15) is 0 Å². The summed E-state index contributed by atoms with van der Waals surface area (Å²) in [5, 5.41) is 9.06. The molecule has 2 atom stereocenters. The Bertz CT molecular complexity index is 582.